The van der Waals surface area contributed by atoms with Crippen molar-refractivity contribution in [3.05, 3.63) is 41.5 Å². The molecule has 0 N–H and O–H groups in total. The van der Waals surface area contributed by atoms with Gasteiger partial charge in [0, 0.05) is 25.0 Å². The fourth-order valence-corrected chi connectivity index (χ4v) is 1.86. The zero-order valence-electron chi connectivity index (χ0n) is 11.5. The van der Waals surface area contributed by atoms with Crippen molar-refractivity contribution >= 4 is 5.78 Å². The lowest BCUT2D eigenvalue weighted by Crippen LogP contribution is -2.08. The van der Waals surface area contributed by atoms with Crippen LogP contribution >= 0.6 is 0 Å². The number of nitrogens with zero attached hydrogens (tertiary/aromatic N) is 3. The van der Waals surface area contributed by atoms with E-state index in [-0.39, 0.29) is 11.9 Å². The van der Waals surface area contributed by atoms with E-state index in [1.165, 1.54) is 0 Å². The van der Waals surface area contributed by atoms with Crippen LogP contribution in [-0.2, 0) is 7.05 Å². The van der Waals surface area contributed by atoms with Gasteiger partial charge < -0.3 is 4.74 Å². The molecule has 2 aromatic rings. The maximum atomic E-state index is 12.4. The van der Waals surface area contributed by atoms with Crippen molar-refractivity contribution in [1.29, 1.82) is 0 Å². The first kappa shape index (κ1) is 13.3. The number of aryl methyl sites for hydroxylation is 2. The minimum absolute atomic E-state index is 0.0484. The molecule has 2 rings (SSSR count). The van der Waals surface area contributed by atoms with Crippen LogP contribution in [0.1, 0.15) is 35.5 Å². The van der Waals surface area contributed by atoms with Gasteiger partial charge in [0.25, 0.3) is 0 Å². The van der Waals surface area contributed by atoms with Gasteiger partial charge in [-0.25, -0.2) is 0 Å². The molecule has 0 amide bonds. The second kappa shape index (κ2) is 5.22. The zero-order chi connectivity index (χ0) is 14.0. The molecule has 100 valence electrons. The summed E-state index contributed by atoms with van der Waals surface area (Å²) in [6, 6.07) is 1.71. The molecule has 0 unspecified atom stereocenters. The first-order valence-corrected chi connectivity index (χ1v) is 6.14. The van der Waals surface area contributed by atoms with Gasteiger partial charge in [-0.2, -0.15) is 5.10 Å². The average molecular weight is 259 g/mol. The number of aromatic nitrogens is 3. The molecule has 0 saturated heterocycles. The first-order valence-electron chi connectivity index (χ1n) is 6.14. The van der Waals surface area contributed by atoms with E-state index in [4.69, 9.17) is 4.74 Å². The Morgan fingerprint density at radius 3 is 2.68 bits per heavy atom. The topological polar surface area (TPSA) is 57.0 Å². The number of hydrogen-bond donors (Lipinski definition) is 0. The summed E-state index contributed by atoms with van der Waals surface area (Å²) in [6.45, 7) is 5.68. The molecule has 2 aromatic heterocycles. The SMILES string of the molecule is Cc1nn(C)cc1C(=O)c1cncc(OC(C)C)c1. The zero-order valence-corrected chi connectivity index (χ0v) is 11.5. The third kappa shape index (κ3) is 2.99. The summed E-state index contributed by atoms with van der Waals surface area (Å²) < 4.78 is 7.17. The predicted molar refractivity (Wildman–Crippen MR) is 71.4 cm³/mol. The Morgan fingerprint density at radius 2 is 2.11 bits per heavy atom. The molecule has 0 aliphatic rings. The van der Waals surface area contributed by atoms with Crippen LogP contribution in [0.5, 0.6) is 5.75 Å². The van der Waals surface area contributed by atoms with E-state index in [1.807, 2.05) is 20.8 Å². The minimum atomic E-state index is -0.0905. The van der Waals surface area contributed by atoms with Gasteiger partial charge in [-0.05, 0) is 26.8 Å². The van der Waals surface area contributed by atoms with E-state index >= 15 is 0 Å². The lowest BCUT2D eigenvalue weighted by molar-refractivity contribution is 0.103. The van der Waals surface area contributed by atoms with Crippen molar-refractivity contribution in [1.82, 2.24) is 14.8 Å². The fraction of sp³-hybridized carbons (Fsp3) is 0.357. The lowest BCUT2D eigenvalue weighted by atomic mass is 10.1. The number of ketones is 1. The standard InChI is InChI=1S/C14H17N3O2/c1-9(2)19-12-5-11(6-15-7-12)14(18)13-8-17(4)16-10(13)3/h5-9H,1-4H3. The van der Waals surface area contributed by atoms with Crippen molar-refractivity contribution in [2.75, 3.05) is 0 Å². The molecule has 0 saturated carbocycles. The molecule has 0 atom stereocenters. The van der Waals surface area contributed by atoms with E-state index in [0.29, 0.717) is 22.6 Å². The van der Waals surface area contributed by atoms with Gasteiger partial charge in [-0.1, -0.05) is 0 Å². The summed E-state index contributed by atoms with van der Waals surface area (Å²) in [6.07, 6.45) is 4.91. The molecule has 5 nitrogen and oxygen atoms in total. The fourth-order valence-electron chi connectivity index (χ4n) is 1.86. The molecule has 19 heavy (non-hydrogen) atoms. The van der Waals surface area contributed by atoms with Gasteiger partial charge in [-0.3, -0.25) is 14.5 Å². The highest BCUT2D eigenvalue weighted by Gasteiger charge is 2.16. The van der Waals surface area contributed by atoms with E-state index < -0.39 is 0 Å². The smallest absolute Gasteiger partial charge is 0.198 e. The molecule has 0 bridgehead atoms. The van der Waals surface area contributed by atoms with Crippen molar-refractivity contribution in [2.45, 2.75) is 26.9 Å². The Hall–Kier alpha value is -2.17. The third-order valence-corrected chi connectivity index (χ3v) is 2.61. The summed E-state index contributed by atoms with van der Waals surface area (Å²) in [5.41, 5.74) is 1.81. The molecule has 0 fully saturated rings. The summed E-state index contributed by atoms with van der Waals surface area (Å²) >= 11 is 0. The molecule has 0 aliphatic heterocycles. The van der Waals surface area contributed by atoms with E-state index in [9.17, 15) is 4.79 Å². The number of pyridine rings is 1. The highest BCUT2D eigenvalue weighted by molar-refractivity contribution is 6.09. The summed E-state index contributed by atoms with van der Waals surface area (Å²) in [7, 11) is 1.79. The van der Waals surface area contributed by atoms with Crippen LogP contribution in [0.3, 0.4) is 0 Å². The highest BCUT2D eigenvalue weighted by Crippen LogP contribution is 2.17. The first-order chi connectivity index (χ1) is 8.97. The van der Waals surface area contributed by atoms with Crippen molar-refractivity contribution in [3.63, 3.8) is 0 Å². The van der Waals surface area contributed by atoms with Crippen molar-refractivity contribution in [3.8, 4) is 5.75 Å². The molecule has 5 heteroatoms. The highest BCUT2D eigenvalue weighted by atomic mass is 16.5. The molecule has 2 heterocycles. The van der Waals surface area contributed by atoms with E-state index in [2.05, 4.69) is 10.1 Å². The van der Waals surface area contributed by atoms with Gasteiger partial charge in [0.1, 0.15) is 5.75 Å². The quantitative estimate of drug-likeness (QED) is 0.789. The van der Waals surface area contributed by atoms with Gasteiger partial charge in [0.15, 0.2) is 5.78 Å². The van der Waals surface area contributed by atoms with E-state index in [1.54, 1.807) is 36.4 Å². The van der Waals surface area contributed by atoms with E-state index in [0.717, 1.165) is 0 Å². The van der Waals surface area contributed by atoms with Gasteiger partial charge in [0.2, 0.25) is 0 Å². The molecule has 0 radical (unpaired) electrons. The maximum absolute atomic E-state index is 12.4. The largest absolute Gasteiger partial charge is 0.489 e. The second-order valence-electron chi connectivity index (χ2n) is 4.71. The van der Waals surface area contributed by atoms with Gasteiger partial charge >= 0.3 is 0 Å². The molecule has 0 aliphatic carbocycles. The maximum Gasteiger partial charge on any atom is 0.198 e. The number of hydrogen-bond acceptors (Lipinski definition) is 4. The Bertz CT molecular complexity index is 602. The molecule has 0 aromatic carbocycles. The lowest BCUT2D eigenvalue weighted by Gasteiger charge is -2.09. The Balaban J connectivity index is 2.31. The Kier molecular flexibility index (Phi) is 3.64. The van der Waals surface area contributed by atoms with Crippen molar-refractivity contribution in [2.24, 2.45) is 7.05 Å². The third-order valence-electron chi connectivity index (χ3n) is 2.61. The Morgan fingerprint density at radius 1 is 1.37 bits per heavy atom. The average Bonchev–Trinajstić information content (AvgIpc) is 2.67. The Labute approximate surface area is 112 Å². The number of carbonyl (C=O) groups is 1. The number of rotatable bonds is 4. The van der Waals surface area contributed by atoms with Gasteiger partial charge in [-0.15, -0.1) is 0 Å². The van der Waals surface area contributed by atoms with Crippen molar-refractivity contribution < 1.29 is 9.53 Å². The van der Waals surface area contributed by atoms with Crippen LogP contribution in [0, 0.1) is 6.92 Å². The number of carbonyl (C=O) groups excluding carboxylic acids is 1. The van der Waals surface area contributed by atoms with Crippen LogP contribution in [0.15, 0.2) is 24.7 Å². The predicted octanol–water partition coefficient (Wildman–Crippen LogP) is 2.14. The molecule has 0 spiro atoms. The summed E-state index contributed by atoms with van der Waals surface area (Å²) in [4.78, 5) is 16.4. The molecular weight excluding hydrogens is 242 g/mol. The summed E-state index contributed by atoms with van der Waals surface area (Å²) in [5, 5.41) is 4.17. The van der Waals surface area contributed by atoms with Crippen LogP contribution in [0.4, 0.5) is 0 Å². The monoisotopic (exact) mass is 259 g/mol. The van der Waals surface area contributed by atoms with Crippen LogP contribution < -0.4 is 4.74 Å². The van der Waals surface area contributed by atoms with Crippen LogP contribution in [0.2, 0.25) is 0 Å². The molecular formula is C14H17N3O2. The normalized spacial score (nSPS) is 10.8. The van der Waals surface area contributed by atoms with Crippen LogP contribution in [-0.4, -0.2) is 26.7 Å². The minimum Gasteiger partial charge on any atom is -0.489 e. The van der Waals surface area contributed by atoms with Crippen LogP contribution in [0.25, 0.3) is 0 Å². The number of ether oxygens (including phenoxy) is 1. The van der Waals surface area contributed by atoms with Gasteiger partial charge in [0.05, 0.1) is 23.6 Å². The summed E-state index contributed by atoms with van der Waals surface area (Å²) in [5.74, 6) is 0.509. The second-order valence-corrected chi connectivity index (χ2v) is 4.71.